The van der Waals surface area contributed by atoms with Crippen LogP contribution in [0.25, 0.3) is 0 Å². The normalized spacial score (nSPS) is 12.0. The monoisotopic (exact) mass is 460 g/mol. The zero-order valence-electron chi connectivity index (χ0n) is 14.5. The van der Waals surface area contributed by atoms with E-state index in [1.807, 2.05) is 0 Å². The van der Waals surface area contributed by atoms with Gasteiger partial charge in [0.1, 0.15) is 11.5 Å². The summed E-state index contributed by atoms with van der Waals surface area (Å²) in [4.78, 5) is 23.6. The first-order chi connectivity index (χ1) is 13.1. The Morgan fingerprint density at radius 3 is 2.43 bits per heavy atom. The Morgan fingerprint density at radius 1 is 1.07 bits per heavy atom. The van der Waals surface area contributed by atoms with Crippen LogP contribution in [0.1, 0.15) is 12.5 Å². The zero-order chi connectivity index (χ0) is 20.7. The molecular weight excluding hydrogens is 445 g/mol. The van der Waals surface area contributed by atoms with Crippen molar-refractivity contribution in [1.82, 2.24) is 10.9 Å². The van der Waals surface area contributed by atoms with Crippen LogP contribution in [0, 0.1) is 0 Å². The molecule has 0 fully saturated rings. The second-order valence-corrected chi connectivity index (χ2v) is 6.48. The predicted octanol–water partition coefficient (Wildman–Crippen LogP) is 3.46. The van der Waals surface area contributed by atoms with Crippen molar-refractivity contribution < 1.29 is 32.2 Å². The van der Waals surface area contributed by atoms with Crippen molar-refractivity contribution >= 4 is 27.7 Å². The Balaban J connectivity index is 1.78. The number of hydrazine groups is 1. The largest absolute Gasteiger partial charge is 0.484 e. The maximum absolute atomic E-state index is 12.6. The summed E-state index contributed by atoms with van der Waals surface area (Å²) in [6.45, 7) is 0.907. The molecule has 2 aromatic rings. The summed E-state index contributed by atoms with van der Waals surface area (Å²) in [6.07, 6.45) is -5.42. The molecule has 1 atom stereocenters. The summed E-state index contributed by atoms with van der Waals surface area (Å²) in [5.41, 5.74) is 3.36. The molecule has 0 aromatic heterocycles. The van der Waals surface area contributed by atoms with Crippen molar-refractivity contribution in [1.29, 1.82) is 0 Å². The first kappa shape index (κ1) is 21.5. The summed E-state index contributed by atoms with van der Waals surface area (Å²) in [5.74, 6) is -1.04. The lowest BCUT2D eigenvalue weighted by Crippen LogP contribution is -2.48. The number of alkyl halides is 3. The van der Waals surface area contributed by atoms with E-state index in [0.717, 1.165) is 16.6 Å². The van der Waals surface area contributed by atoms with Gasteiger partial charge >= 0.3 is 6.18 Å². The van der Waals surface area contributed by atoms with E-state index in [0.29, 0.717) is 5.75 Å². The van der Waals surface area contributed by atoms with Crippen LogP contribution >= 0.6 is 15.9 Å². The number of carbonyl (C=O) groups is 2. The van der Waals surface area contributed by atoms with Gasteiger partial charge in [-0.1, -0.05) is 28.1 Å². The molecule has 0 bridgehead atoms. The fourth-order valence-corrected chi connectivity index (χ4v) is 2.36. The van der Waals surface area contributed by atoms with E-state index in [9.17, 15) is 22.8 Å². The van der Waals surface area contributed by atoms with E-state index in [1.165, 1.54) is 19.1 Å². The summed E-state index contributed by atoms with van der Waals surface area (Å²) in [6, 6.07) is 11.0. The number of benzene rings is 2. The van der Waals surface area contributed by atoms with Crippen LogP contribution in [0.3, 0.4) is 0 Å². The minimum Gasteiger partial charge on any atom is -0.484 e. The maximum atomic E-state index is 12.6. The Bertz CT molecular complexity index is 846. The number of nitrogens with one attached hydrogen (secondary N) is 2. The third kappa shape index (κ3) is 6.76. The average Bonchev–Trinajstić information content (AvgIpc) is 2.64. The predicted molar refractivity (Wildman–Crippen MR) is 97.5 cm³/mol. The van der Waals surface area contributed by atoms with Gasteiger partial charge in [0.05, 0.1) is 5.56 Å². The lowest BCUT2D eigenvalue weighted by molar-refractivity contribution is -0.137. The second kappa shape index (κ2) is 9.45. The molecule has 0 aliphatic heterocycles. The molecule has 2 amide bonds. The van der Waals surface area contributed by atoms with Gasteiger partial charge in [-0.2, -0.15) is 13.2 Å². The number of carbonyl (C=O) groups excluding carboxylic acids is 2. The fraction of sp³-hybridized carbons (Fsp3) is 0.222. The Kier molecular flexibility index (Phi) is 7.27. The van der Waals surface area contributed by atoms with Crippen LogP contribution in [-0.4, -0.2) is 24.5 Å². The van der Waals surface area contributed by atoms with Crippen molar-refractivity contribution in [2.24, 2.45) is 0 Å². The highest BCUT2D eigenvalue weighted by atomic mass is 79.9. The van der Waals surface area contributed by atoms with Crippen molar-refractivity contribution in [3.63, 3.8) is 0 Å². The van der Waals surface area contributed by atoms with Gasteiger partial charge in [-0.15, -0.1) is 0 Å². The van der Waals surface area contributed by atoms with Crippen LogP contribution in [0.5, 0.6) is 11.5 Å². The molecule has 150 valence electrons. The smallest absolute Gasteiger partial charge is 0.416 e. The van der Waals surface area contributed by atoms with E-state index in [-0.39, 0.29) is 5.75 Å². The summed E-state index contributed by atoms with van der Waals surface area (Å²) < 4.78 is 49.1. The molecule has 10 heteroatoms. The van der Waals surface area contributed by atoms with Gasteiger partial charge in [-0.3, -0.25) is 20.4 Å². The average molecular weight is 461 g/mol. The van der Waals surface area contributed by atoms with Crippen molar-refractivity contribution in [2.45, 2.75) is 19.2 Å². The van der Waals surface area contributed by atoms with Gasteiger partial charge in [0, 0.05) is 4.47 Å². The highest BCUT2D eigenvalue weighted by molar-refractivity contribution is 9.10. The number of ether oxygens (including phenoxy) is 2. The van der Waals surface area contributed by atoms with Gasteiger partial charge in [0.2, 0.25) is 0 Å². The van der Waals surface area contributed by atoms with E-state index in [4.69, 9.17) is 9.47 Å². The fourth-order valence-electron chi connectivity index (χ4n) is 1.98. The van der Waals surface area contributed by atoms with E-state index >= 15 is 0 Å². The summed E-state index contributed by atoms with van der Waals surface area (Å²) in [7, 11) is 0. The van der Waals surface area contributed by atoms with Crippen molar-refractivity contribution in [3.05, 3.63) is 58.6 Å². The molecule has 1 unspecified atom stereocenters. The zero-order valence-corrected chi connectivity index (χ0v) is 16.1. The van der Waals surface area contributed by atoms with Gasteiger partial charge < -0.3 is 9.47 Å². The van der Waals surface area contributed by atoms with Crippen LogP contribution in [0.4, 0.5) is 13.2 Å². The molecule has 2 rings (SSSR count). The molecule has 0 spiro atoms. The minimum atomic E-state index is -4.51. The molecule has 2 aromatic carbocycles. The quantitative estimate of drug-likeness (QED) is 0.647. The van der Waals surface area contributed by atoms with Crippen LogP contribution < -0.4 is 20.3 Å². The standard InChI is InChI=1S/C18H16BrF3N2O4/c1-11(28-15-7-3-5-13(19)9-15)17(26)24-23-16(25)10-27-14-6-2-4-12(8-14)18(20,21)22/h2-9,11H,10H2,1H3,(H,23,25)(H,24,26). The molecular formula is C18H16BrF3N2O4. The highest BCUT2D eigenvalue weighted by Gasteiger charge is 2.30. The lowest BCUT2D eigenvalue weighted by Gasteiger charge is -2.15. The van der Waals surface area contributed by atoms with Crippen LogP contribution in [0.2, 0.25) is 0 Å². The number of rotatable bonds is 6. The molecule has 28 heavy (non-hydrogen) atoms. The summed E-state index contributed by atoms with van der Waals surface area (Å²) >= 11 is 3.28. The van der Waals surface area contributed by atoms with Gasteiger partial charge in [-0.25, -0.2) is 0 Å². The summed E-state index contributed by atoms with van der Waals surface area (Å²) in [5, 5.41) is 0. The molecule has 0 aliphatic rings. The topological polar surface area (TPSA) is 76.7 Å². The third-order valence-electron chi connectivity index (χ3n) is 3.33. The van der Waals surface area contributed by atoms with Gasteiger partial charge in [0.15, 0.2) is 12.7 Å². The second-order valence-electron chi connectivity index (χ2n) is 5.57. The number of halogens is 4. The molecule has 0 radical (unpaired) electrons. The number of amides is 2. The highest BCUT2D eigenvalue weighted by Crippen LogP contribution is 2.31. The van der Waals surface area contributed by atoms with E-state index in [1.54, 1.807) is 24.3 Å². The Hall–Kier alpha value is -2.75. The maximum Gasteiger partial charge on any atom is 0.416 e. The minimum absolute atomic E-state index is 0.123. The van der Waals surface area contributed by atoms with Gasteiger partial charge in [-0.05, 0) is 43.3 Å². The number of hydrogen-bond donors (Lipinski definition) is 2. The Labute approximate surface area is 167 Å². The first-order valence-electron chi connectivity index (χ1n) is 7.96. The van der Waals surface area contributed by atoms with Crippen molar-refractivity contribution in [3.8, 4) is 11.5 Å². The molecule has 0 aliphatic carbocycles. The van der Waals surface area contributed by atoms with E-state index < -0.39 is 36.3 Å². The third-order valence-corrected chi connectivity index (χ3v) is 3.83. The Morgan fingerprint density at radius 2 is 1.75 bits per heavy atom. The van der Waals surface area contributed by atoms with Crippen molar-refractivity contribution in [2.75, 3.05) is 6.61 Å². The molecule has 0 saturated carbocycles. The lowest BCUT2D eigenvalue weighted by atomic mass is 10.2. The molecule has 0 saturated heterocycles. The van der Waals surface area contributed by atoms with Gasteiger partial charge in [0.25, 0.3) is 11.8 Å². The molecule has 2 N–H and O–H groups in total. The molecule has 6 nitrogen and oxygen atoms in total. The molecule has 0 heterocycles. The van der Waals surface area contributed by atoms with Crippen LogP contribution in [-0.2, 0) is 15.8 Å². The SMILES string of the molecule is CC(Oc1cccc(Br)c1)C(=O)NNC(=O)COc1cccc(C(F)(F)F)c1. The first-order valence-corrected chi connectivity index (χ1v) is 8.75. The van der Waals surface area contributed by atoms with E-state index in [2.05, 4.69) is 26.8 Å². The number of hydrogen-bond acceptors (Lipinski definition) is 4. The van der Waals surface area contributed by atoms with Crippen LogP contribution in [0.15, 0.2) is 53.0 Å².